The number of hydrogen-bond donors (Lipinski definition) is 1. The van der Waals surface area contributed by atoms with E-state index in [0.29, 0.717) is 5.82 Å². The van der Waals surface area contributed by atoms with Crippen molar-refractivity contribution in [2.45, 2.75) is 26.8 Å². The Balaban J connectivity index is 2.09. The summed E-state index contributed by atoms with van der Waals surface area (Å²) in [6, 6.07) is 3.85. The maximum Gasteiger partial charge on any atom is 0.123 e. The molecule has 2 rings (SSSR count). The van der Waals surface area contributed by atoms with Gasteiger partial charge in [-0.05, 0) is 31.6 Å². The first-order valence-electron chi connectivity index (χ1n) is 7.19. The lowest BCUT2D eigenvalue weighted by atomic mass is 10.2. The minimum Gasteiger partial charge on any atom is -0.384 e. The molecule has 5 heteroatoms. The summed E-state index contributed by atoms with van der Waals surface area (Å²) in [6.07, 6.45) is 6.68. The third-order valence-corrected chi connectivity index (χ3v) is 3.43. The van der Waals surface area contributed by atoms with Crippen LogP contribution in [0.15, 0.2) is 30.9 Å². The van der Waals surface area contributed by atoms with Crippen molar-refractivity contribution in [3.63, 3.8) is 0 Å². The molecule has 2 aromatic rings. The Kier molecular flexibility index (Phi) is 5.12. The molecule has 20 heavy (non-hydrogen) atoms. The lowest BCUT2D eigenvalue weighted by Gasteiger charge is -2.20. The van der Waals surface area contributed by atoms with Crippen LogP contribution >= 0.6 is 0 Å². The van der Waals surface area contributed by atoms with Gasteiger partial charge in [-0.25, -0.2) is 9.97 Å². The second-order valence-electron chi connectivity index (χ2n) is 4.88. The number of rotatable bonds is 7. The number of aromatic nitrogens is 3. The fourth-order valence-electron chi connectivity index (χ4n) is 2.34. The monoisotopic (exact) mass is 273 g/mol. The van der Waals surface area contributed by atoms with Crippen molar-refractivity contribution in [1.82, 2.24) is 19.4 Å². The molecule has 0 amide bonds. The Morgan fingerprint density at radius 1 is 1.30 bits per heavy atom. The summed E-state index contributed by atoms with van der Waals surface area (Å²) in [6.45, 7) is 8.61. The van der Waals surface area contributed by atoms with Crippen LogP contribution in [0.25, 0.3) is 11.3 Å². The van der Waals surface area contributed by atoms with Gasteiger partial charge in [-0.15, -0.1) is 0 Å². The molecule has 2 aromatic heterocycles. The predicted octanol–water partition coefficient (Wildman–Crippen LogP) is 2.26. The summed E-state index contributed by atoms with van der Waals surface area (Å²) in [5.74, 6) is 0.538. The van der Waals surface area contributed by atoms with Crippen LogP contribution in [-0.2, 0) is 6.54 Å². The van der Waals surface area contributed by atoms with E-state index in [9.17, 15) is 0 Å². The molecular formula is C15H23N5. The van der Waals surface area contributed by atoms with E-state index < -0.39 is 0 Å². The summed E-state index contributed by atoms with van der Waals surface area (Å²) in [4.78, 5) is 10.7. The fourth-order valence-corrected chi connectivity index (χ4v) is 2.34. The molecule has 0 aliphatic heterocycles. The summed E-state index contributed by atoms with van der Waals surface area (Å²) in [7, 11) is 0. The maximum absolute atomic E-state index is 5.75. The van der Waals surface area contributed by atoms with Gasteiger partial charge in [-0.3, -0.25) is 0 Å². The molecule has 0 fully saturated rings. The molecule has 0 aromatic carbocycles. The van der Waals surface area contributed by atoms with Gasteiger partial charge in [0.25, 0.3) is 0 Å². The molecule has 0 saturated heterocycles. The molecule has 5 nitrogen and oxygen atoms in total. The minimum atomic E-state index is 0.538. The largest absolute Gasteiger partial charge is 0.384 e. The molecule has 108 valence electrons. The number of hydrogen-bond acceptors (Lipinski definition) is 4. The number of nitrogens with zero attached hydrogens (tertiary/aromatic N) is 4. The van der Waals surface area contributed by atoms with E-state index in [4.69, 9.17) is 5.73 Å². The van der Waals surface area contributed by atoms with Gasteiger partial charge in [0.15, 0.2) is 0 Å². The molecule has 2 heterocycles. The average Bonchev–Trinajstić information content (AvgIpc) is 2.92. The Bertz CT molecular complexity index is 535. The third kappa shape index (κ3) is 3.57. The second kappa shape index (κ2) is 7.05. The van der Waals surface area contributed by atoms with E-state index in [1.54, 1.807) is 6.20 Å². The van der Waals surface area contributed by atoms with Crippen LogP contribution < -0.4 is 5.73 Å². The Morgan fingerprint density at radius 3 is 2.85 bits per heavy atom. The molecule has 2 N–H and O–H groups in total. The van der Waals surface area contributed by atoms with Crippen molar-refractivity contribution in [1.29, 1.82) is 0 Å². The first-order valence-corrected chi connectivity index (χ1v) is 7.19. The topological polar surface area (TPSA) is 60.0 Å². The van der Waals surface area contributed by atoms with Gasteiger partial charge in [0.2, 0.25) is 0 Å². The van der Waals surface area contributed by atoms with E-state index in [2.05, 4.69) is 33.3 Å². The fraction of sp³-hybridized carbons (Fsp3) is 0.467. The molecule has 0 saturated carbocycles. The van der Waals surface area contributed by atoms with Crippen LogP contribution in [0.1, 0.15) is 20.3 Å². The Hall–Kier alpha value is -1.88. The van der Waals surface area contributed by atoms with Gasteiger partial charge >= 0.3 is 0 Å². The predicted molar refractivity (Wildman–Crippen MR) is 82.3 cm³/mol. The van der Waals surface area contributed by atoms with E-state index in [1.165, 1.54) is 6.42 Å². The maximum atomic E-state index is 5.75. The van der Waals surface area contributed by atoms with Crippen molar-refractivity contribution >= 4 is 5.82 Å². The quantitative estimate of drug-likeness (QED) is 0.840. The van der Waals surface area contributed by atoms with Crippen molar-refractivity contribution in [2.75, 3.05) is 25.4 Å². The Labute approximate surface area is 120 Å². The molecule has 0 atom stereocenters. The van der Waals surface area contributed by atoms with Gasteiger partial charge in [-0.2, -0.15) is 0 Å². The zero-order valence-electron chi connectivity index (χ0n) is 12.3. The van der Waals surface area contributed by atoms with Gasteiger partial charge in [0.05, 0.1) is 18.2 Å². The number of pyridine rings is 1. The van der Waals surface area contributed by atoms with Crippen molar-refractivity contribution in [3.05, 3.63) is 30.9 Å². The first kappa shape index (κ1) is 14.5. The minimum absolute atomic E-state index is 0.538. The SMILES string of the molecule is CCCN(CC)CCn1cncc1-c1ccnc(N)c1. The number of imidazole rings is 1. The highest BCUT2D eigenvalue weighted by Crippen LogP contribution is 2.19. The van der Waals surface area contributed by atoms with Crippen molar-refractivity contribution in [3.8, 4) is 11.3 Å². The number of likely N-dealkylation sites (N-methyl/N-ethyl adjacent to an activating group) is 1. The summed E-state index contributed by atoms with van der Waals surface area (Å²) >= 11 is 0. The van der Waals surface area contributed by atoms with Crippen LogP contribution in [0.2, 0.25) is 0 Å². The third-order valence-electron chi connectivity index (χ3n) is 3.43. The second-order valence-corrected chi connectivity index (χ2v) is 4.88. The molecule has 0 radical (unpaired) electrons. The lowest BCUT2D eigenvalue weighted by Crippen LogP contribution is -2.28. The van der Waals surface area contributed by atoms with Crippen LogP contribution in [0.4, 0.5) is 5.82 Å². The van der Waals surface area contributed by atoms with Gasteiger partial charge in [0.1, 0.15) is 5.82 Å². The highest BCUT2D eigenvalue weighted by molar-refractivity contribution is 5.61. The van der Waals surface area contributed by atoms with Gasteiger partial charge in [0, 0.05) is 24.8 Å². The van der Waals surface area contributed by atoms with Gasteiger partial charge in [-0.1, -0.05) is 13.8 Å². The highest BCUT2D eigenvalue weighted by atomic mass is 15.2. The van der Waals surface area contributed by atoms with Crippen LogP contribution in [0.3, 0.4) is 0 Å². The van der Waals surface area contributed by atoms with Crippen LogP contribution in [0.5, 0.6) is 0 Å². The number of anilines is 1. The van der Waals surface area contributed by atoms with Gasteiger partial charge < -0.3 is 15.2 Å². The van der Waals surface area contributed by atoms with Crippen LogP contribution in [0, 0.1) is 0 Å². The molecule has 0 spiro atoms. The van der Waals surface area contributed by atoms with Crippen LogP contribution in [-0.4, -0.2) is 39.1 Å². The molecular weight excluding hydrogens is 250 g/mol. The normalized spacial score (nSPS) is 11.2. The smallest absolute Gasteiger partial charge is 0.123 e. The lowest BCUT2D eigenvalue weighted by molar-refractivity contribution is 0.277. The Morgan fingerprint density at radius 2 is 2.15 bits per heavy atom. The zero-order chi connectivity index (χ0) is 14.4. The average molecular weight is 273 g/mol. The van der Waals surface area contributed by atoms with E-state index in [1.807, 2.05) is 24.7 Å². The molecule has 0 aliphatic rings. The van der Waals surface area contributed by atoms with Crippen molar-refractivity contribution in [2.24, 2.45) is 0 Å². The van der Waals surface area contributed by atoms with E-state index in [-0.39, 0.29) is 0 Å². The summed E-state index contributed by atoms with van der Waals surface area (Å²) in [5, 5.41) is 0. The first-order chi connectivity index (χ1) is 9.74. The van der Waals surface area contributed by atoms with E-state index >= 15 is 0 Å². The van der Waals surface area contributed by atoms with E-state index in [0.717, 1.165) is 37.4 Å². The van der Waals surface area contributed by atoms with Crippen molar-refractivity contribution < 1.29 is 0 Å². The molecule has 0 bridgehead atoms. The summed E-state index contributed by atoms with van der Waals surface area (Å²) in [5.41, 5.74) is 7.90. The highest BCUT2D eigenvalue weighted by Gasteiger charge is 2.07. The number of nitrogen functional groups attached to an aromatic ring is 1. The molecule has 0 unspecified atom stereocenters. The molecule has 0 aliphatic carbocycles. The standard InChI is InChI=1S/C15H23N5/c1-3-7-19(4-2)8-9-20-12-17-11-14(20)13-5-6-18-15(16)10-13/h5-6,10-12H,3-4,7-9H2,1-2H3,(H2,16,18). The summed E-state index contributed by atoms with van der Waals surface area (Å²) < 4.78 is 2.17. The number of nitrogens with two attached hydrogens (primary N) is 1. The zero-order valence-corrected chi connectivity index (χ0v) is 12.3.